The summed E-state index contributed by atoms with van der Waals surface area (Å²) in [5.74, 6) is -2.65. The van der Waals surface area contributed by atoms with E-state index in [2.05, 4.69) is 0 Å². The molecule has 2 rings (SSSR count). The zero-order valence-electron chi connectivity index (χ0n) is 9.70. The molecule has 1 amide bonds. The number of amides is 1. The Hall–Kier alpha value is -1.69. The van der Waals surface area contributed by atoms with Crippen LogP contribution in [-0.2, 0) is 0 Å². The largest absolute Gasteiger partial charge is 0.398 e. The van der Waals surface area contributed by atoms with E-state index in [1.165, 1.54) is 4.90 Å². The van der Waals surface area contributed by atoms with Gasteiger partial charge < -0.3 is 15.7 Å². The van der Waals surface area contributed by atoms with Crippen LogP contribution in [-0.4, -0.2) is 35.1 Å². The molecule has 0 aliphatic carbocycles. The molecular formula is C12H14F2N2O2. The Balaban J connectivity index is 2.31. The molecule has 98 valence electrons. The van der Waals surface area contributed by atoms with E-state index in [-0.39, 0.29) is 23.9 Å². The standard InChI is InChI=1S/C12H14F2N2O2/c13-9-4-8(11(15)5-10(9)14)12(18)16-3-1-2-7(16)6-17/h4-5,7,17H,1-3,6,15H2. The van der Waals surface area contributed by atoms with Gasteiger partial charge in [-0.1, -0.05) is 0 Å². The summed E-state index contributed by atoms with van der Waals surface area (Å²) in [5.41, 5.74) is 5.37. The van der Waals surface area contributed by atoms with Crippen LogP contribution in [0.3, 0.4) is 0 Å². The van der Waals surface area contributed by atoms with Gasteiger partial charge in [0.15, 0.2) is 11.6 Å². The van der Waals surface area contributed by atoms with Crippen LogP contribution < -0.4 is 5.73 Å². The minimum atomic E-state index is -1.10. The van der Waals surface area contributed by atoms with E-state index in [0.29, 0.717) is 13.0 Å². The van der Waals surface area contributed by atoms with Gasteiger partial charge in [-0.25, -0.2) is 8.78 Å². The smallest absolute Gasteiger partial charge is 0.256 e. The first-order chi connectivity index (χ1) is 8.54. The third-order valence-electron chi connectivity index (χ3n) is 3.17. The molecule has 3 N–H and O–H groups in total. The van der Waals surface area contributed by atoms with Gasteiger partial charge in [-0.15, -0.1) is 0 Å². The van der Waals surface area contributed by atoms with Crippen LogP contribution in [0, 0.1) is 11.6 Å². The van der Waals surface area contributed by atoms with Gasteiger partial charge >= 0.3 is 0 Å². The molecule has 18 heavy (non-hydrogen) atoms. The summed E-state index contributed by atoms with van der Waals surface area (Å²) in [4.78, 5) is 13.6. The van der Waals surface area contributed by atoms with E-state index in [9.17, 15) is 13.6 Å². The number of nitrogens with zero attached hydrogens (tertiary/aromatic N) is 1. The molecule has 1 aliphatic rings. The average Bonchev–Trinajstić information content (AvgIpc) is 2.81. The molecule has 0 radical (unpaired) electrons. The van der Waals surface area contributed by atoms with Gasteiger partial charge in [-0.2, -0.15) is 0 Å². The third kappa shape index (κ3) is 2.15. The summed E-state index contributed by atoms with van der Waals surface area (Å²) in [6.45, 7) is 0.345. The molecule has 1 aliphatic heterocycles. The van der Waals surface area contributed by atoms with Crippen molar-refractivity contribution in [2.24, 2.45) is 0 Å². The van der Waals surface area contributed by atoms with Gasteiger partial charge in [-0.05, 0) is 18.9 Å². The second-order valence-electron chi connectivity index (χ2n) is 4.33. The number of carbonyl (C=O) groups is 1. The zero-order chi connectivity index (χ0) is 13.3. The molecule has 1 atom stereocenters. The molecule has 1 aromatic rings. The molecule has 0 spiro atoms. The molecule has 1 unspecified atom stereocenters. The van der Waals surface area contributed by atoms with Crippen molar-refractivity contribution in [3.63, 3.8) is 0 Å². The second kappa shape index (κ2) is 4.89. The number of benzene rings is 1. The van der Waals surface area contributed by atoms with E-state index < -0.39 is 17.5 Å². The lowest BCUT2D eigenvalue weighted by molar-refractivity contribution is 0.0678. The van der Waals surface area contributed by atoms with Gasteiger partial charge in [0, 0.05) is 18.3 Å². The Morgan fingerprint density at radius 2 is 2.11 bits per heavy atom. The van der Waals surface area contributed by atoms with Crippen LogP contribution in [0.15, 0.2) is 12.1 Å². The summed E-state index contributed by atoms with van der Waals surface area (Å²) in [6.07, 6.45) is 1.48. The van der Waals surface area contributed by atoms with E-state index in [4.69, 9.17) is 10.8 Å². The number of aliphatic hydroxyl groups excluding tert-OH is 1. The summed E-state index contributed by atoms with van der Waals surface area (Å²) in [7, 11) is 0. The lowest BCUT2D eigenvalue weighted by atomic mass is 10.1. The highest BCUT2D eigenvalue weighted by molar-refractivity contribution is 5.99. The molecular weight excluding hydrogens is 242 g/mol. The average molecular weight is 256 g/mol. The number of nitrogens with two attached hydrogens (primary N) is 1. The number of halogens is 2. The predicted octanol–water partition coefficient (Wildman–Crippen LogP) is 1.14. The second-order valence-corrected chi connectivity index (χ2v) is 4.33. The first-order valence-corrected chi connectivity index (χ1v) is 5.71. The number of carbonyl (C=O) groups excluding carboxylic acids is 1. The fourth-order valence-electron chi connectivity index (χ4n) is 2.20. The van der Waals surface area contributed by atoms with Crippen molar-refractivity contribution >= 4 is 11.6 Å². The Kier molecular flexibility index (Phi) is 3.47. The van der Waals surface area contributed by atoms with Crippen LogP contribution >= 0.6 is 0 Å². The predicted molar refractivity (Wildman–Crippen MR) is 61.9 cm³/mol. The molecule has 1 aromatic carbocycles. The normalized spacial score (nSPS) is 19.3. The van der Waals surface area contributed by atoms with Crippen LogP contribution in [0.25, 0.3) is 0 Å². The Labute approximate surface area is 103 Å². The Morgan fingerprint density at radius 3 is 2.78 bits per heavy atom. The van der Waals surface area contributed by atoms with Crippen molar-refractivity contribution in [2.75, 3.05) is 18.9 Å². The number of hydrogen-bond donors (Lipinski definition) is 2. The first kappa shape index (κ1) is 12.8. The number of nitrogen functional groups attached to an aromatic ring is 1. The number of anilines is 1. The van der Waals surface area contributed by atoms with Crippen LogP contribution in [0.2, 0.25) is 0 Å². The highest BCUT2D eigenvalue weighted by Gasteiger charge is 2.30. The number of rotatable bonds is 2. The van der Waals surface area contributed by atoms with Gasteiger partial charge in [0.05, 0.1) is 18.2 Å². The molecule has 1 saturated heterocycles. The maximum absolute atomic E-state index is 13.1. The van der Waals surface area contributed by atoms with Crippen molar-refractivity contribution in [1.82, 2.24) is 4.90 Å². The minimum Gasteiger partial charge on any atom is -0.398 e. The van der Waals surface area contributed by atoms with Crippen molar-refractivity contribution in [3.05, 3.63) is 29.3 Å². The lowest BCUT2D eigenvalue weighted by Gasteiger charge is -2.23. The maximum atomic E-state index is 13.1. The van der Waals surface area contributed by atoms with E-state index in [1.807, 2.05) is 0 Å². The van der Waals surface area contributed by atoms with Crippen LogP contribution in [0.5, 0.6) is 0 Å². The van der Waals surface area contributed by atoms with Gasteiger partial charge in [0.25, 0.3) is 5.91 Å². The van der Waals surface area contributed by atoms with Crippen LogP contribution in [0.4, 0.5) is 14.5 Å². The van der Waals surface area contributed by atoms with Crippen molar-refractivity contribution < 1.29 is 18.7 Å². The monoisotopic (exact) mass is 256 g/mol. The molecule has 6 heteroatoms. The number of aliphatic hydroxyl groups is 1. The topological polar surface area (TPSA) is 66.6 Å². The SMILES string of the molecule is Nc1cc(F)c(F)cc1C(=O)N1CCCC1CO. The summed E-state index contributed by atoms with van der Waals surface area (Å²) >= 11 is 0. The van der Waals surface area contributed by atoms with Crippen LogP contribution in [0.1, 0.15) is 23.2 Å². The van der Waals surface area contributed by atoms with Gasteiger partial charge in [0.1, 0.15) is 0 Å². The molecule has 4 nitrogen and oxygen atoms in total. The quantitative estimate of drug-likeness (QED) is 0.780. The zero-order valence-corrected chi connectivity index (χ0v) is 9.70. The maximum Gasteiger partial charge on any atom is 0.256 e. The fraction of sp³-hybridized carbons (Fsp3) is 0.417. The third-order valence-corrected chi connectivity index (χ3v) is 3.17. The Morgan fingerprint density at radius 1 is 1.44 bits per heavy atom. The molecule has 1 heterocycles. The van der Waals surface area contributed by atoms with Crippen molar-refractivity contribution in [1.29, 1.82) is 0 Å². The molecule has 0 saturated carbocycles. The molecule has 1 fully saturated rings. The van der Waals surface area contributed by atoms with Crippen molar-refractivity contribution in [3.8, 4) is 0 Å². The minimum absolute atomic E-state index is 0.0609. The summed E-state index contributed by atoms with van der Waals surface area (Å²) in [6, 6.07) is 1.33. The summed E-state index contributed by atoms with van der Waals surface area (Å²) in [5, 5.41) is 9.14. The number of likely N-dealkylation sites (tertiary alicyclic amines) is 1. The highest BCUT2D eigenvalue weighted by Crippen LogP contribution is 2.24. The van der Waals surface area contributed by atoms with E-state index in [0.717, 1.165) is 18.6 Å². The first-order valence-electron chi connectivity index (χ1n) is 5.71. The highest BCUT2D eigenvalue weighted by atomic mass is 19.2. The molecule has 0 bridgehead atoms. The van der Waals surface area contributed by atoms with Gasteiger partial charge in [-0.3, -0.25) is 4.79 Å². The fourth-order valence-corrected chi connectivity index (χ4v) is 2.20. The lowest BCUT2D eigenvalue weighted by Crippen LogP contribution is -2.38. The van der Waals surface area contributed by atoms with E-state index >= 15 is 0 Å². The molecule has 0 aromatic heterocycles. The Bertz CT molecular complexity index is 479. The van der Waals surface area contributed by atoms with Gasteiger partial charge in [0.2, 0.25) is 0 Å². The summed E-state index contributed by atoms with van der Waals surface area (Å²) < 4.78 is 26.1. The number of hydrogen-bond acceptors (Lipinski definition) is 3. The van der Waals surface area contributed by atoms with Crippen molar-refractivity contribution in [2.45, 2.75) is 18.9 Å². The van der Waals surface area contributed by atoms with E-state index in [1.54, 1.807) is 0 Å².